The summed E-state index contributed by atoms with van der Waals surface area (Å²) in [6, 6.07) is 7.98. The van der Waals surface area contributed by atoms with Gasteiger partial charge in [-0.05, 0) is 56.7 Å². The number of aliphatic hydroxyl groups excluding tert-OH is 1. The number of benzene rings is 1. The van der Waals surface area contributed by atoms with Gasteiger partial charge in [-0.3, -0.25) is 0 Å². The zero-order valence-electron chi connectivity index (χ0n) is 12.7. The molecule has 0 saturated heterocycles. The summed E-state index contributed by atoms with van der Waals surface area (Å²) in [6.07, 6.45) is 6.32. The highest BCUT2D eigenvalue weighted by atomic mass is 16.5. The molecule has 2 N–H and O–H groups in total. The first-order valence-electron chi connectivity index (χ1n) is 7.80. The molecule has 2 atom stereocenters. The number of oxime groups is 1. The van der Waals surface area contributed by atoms with Crippen molar-refractivity contribution < 1.29 is 15.1 Å². The summed E-state index contributed by atoms with van der Waals surface area (Å²) in [5, 5.41) is 21.9. The normalized spacial score (nSPS) is 23.6. The fourth-order valence-electron chi connectivity index (χ4n) is 2.68. The molecule has 4 heteroatoms. The predicted octanol–water partition coefficient (Wildman–Crippen LogP) is 3.54. The third-order valence-electron chi connectivity index (χ3n) is 4.07. The number of ether oxygens (including phenoxy) is 1. The summed E-state index contributed by atoms with van der Waals surface area (Å²) in [5.41, 5.74) is 1.92. The molecule has 0 heterocycles. The van der Waals surface area contributed by atoms with Crippen LogP contribution in [-0.2, 0) is 6.42 Å². The van der Waals surface area contributed by atoms with Gasteiger partial charge in [-0.2, -0.15) is 0 Å². The number of rotatable bonds is 5. The third-order valence-corrected chi connectivity index (χ3v) is 4.07. The highest BCUT2D eigenvalue weighted by Gasteiger charge is 2.23. The van der Waals surface area contributed by atoms with Gasteiger partial charge in [-0.25, -0.2) is 0 Å². The number of aryl methyl sites for hydroxylation is 1. The van der Waals surface area contributed by atoms with Crippen LogP contribution >= 0.6 is 0 Å². The van der Waals surface area contributed by atoms with Crippen LogP contribution in [0.25, 0.3) is 0 Å². The van der Waals surface area contributed by atoms with Crippen molar-refractivity contribution in [3.8, 4) is 5.75 Å². The molecule has 4 nitrogen and oxygen atoms in total. The Bertz CT molecular complexity index is 456. The van der Waals surface area contributed by atoms with Crippen molar-refractivity contribution in [1.82, 2.24) is 0 Å². The van der Waals surface area contributed by atoms with Crippen LogP contribution in [0.4, 0.5) is 0 Å². The monoisotopic (exact) mass is 291 g/mol. The minimum absolute atomic E-state index is 0.0814. The van der Waals surface area contributed by atoms with Crippen molar-refractivity contribution in [3.05, 3.63) is 29.8 Å². The van der Waals surface area contributed by atoms with E-state index < -0.39 is 0 Å². The van der Waals surface area contributed by atoms with Crippen LogP contribution in [0, 0.1) is 0 Å². The van der Waals surface area contributed by atoms with E-state index in [4.69, 9.17) is 9.94 Å². The quantitative estimate of drug-likeness (QED) is 0.377. The van der Waals surface area contributed by atoms with E-state index in [0.717, 1.165) is 50.0 Å². The number of aliphatic hydroxyl groups is 1. The first-order valence-corrected chi connectivity index (χ1v) is 7.80. The van der Waals surface area contributed by atoms with Crippen LogP contribution in [0.5, 0.6) is 5.75 Å². The lowest BCUT2D eigenvalue weighted by atomic mass is 10.1. The molecule has 1 aliphatic rings. The molecule has 2 unspecified atom stereocenters. The van der Waals surface area contributed by atoms with Crippen molar-refractivity contribution in [2.75, 3.05) is 0 Å². The van der Waals surface area contributed by atoms with E-state index in [-0.39, 0.29) is 12.2 Å². The zero-order valence-corrected chi connectivity index (χ0v) is 12.7. The smallest absolute Gasteiger partial charge is 0.124 e. The second kappa shape index (κ2) is 8.03. The standard InChI is InChI=1S/C17H25NO3/c1-13(18-20)7-8-14-9-11-15(12-10-14)21-17-6-4-2-3-5-16(17)19/h9-12,16-17,19-20H,2-8H2,1H3. The van der Waals surface area contributed by atoms with Crippen molar-refractivity contribution >= 4 is 5.71 Å². The lowest BCUT2D eigenvalue weighted by Crippen LogP contribution is -2.30. The summed E-state index contributed by atoms with van der Waals surface area (Å²) in [5.74, 6) is 0.817. The van der Waals surface area contributed by atoms with Crippen LogP contribution in [-0.4, -0.2) is 28.2 Å². The molecule has 1 aromatic carbocycles. The molecule has 0 amide bonds. The van der Waals surface area contributed by atoms with E-state index in [9.17, 15) is 5.11 Å². The number of hydrogen-bond donors (Lipinski definition) is 2. The number of hydrogen-bond acceptors (Lipinski definition) is 4. The fraction of sp³-hybridized carbons (Fsp3) is 0.588. The van der Waals surface area contributed by atoms with Gasteiger partial charge < -0.3 is 15.1 Å². The van der Waals surface area contributed by atoms with Gasteiger partial charge in [0.05, 0.1) is 11.8 Å². The van der Waals surface area contributed by atoms with Gasteiger partial charge in [-0.15, -0.1) is 0 Å². The zero-order chi connectivity index (χ0) is 15.1. The molecule has 21 heavy (non-hydrogen) atoms. The molecule has 1 saturated carbocycles. The van der Waals surface area contributed by atoms with Crippen molar-refractivity contribution in [3.63, 3.8) is 0 Å². The summed E-state index contributed by atoms with van der Waals surface area (Å²) < 4.78 is 5.94. The van der Waals surface area contributed by atoms with E-state index in [1.54, 1.807) is 0 Å². The maximum atomic E-state index is 10.1. The average molecular weight is 291 g/mol. The van der Waals surface area contributed by atoms with Crippen molar-refractivity contribution in [2.45, 2.75) is 64.1 Å². The summed E-state index contributed by atoms with van der Waals surface area (Å²) in [6.45, 7) is 1.81. The van der Waals surface area contributed by atoms with Gasteiger partial charge in [0.2, 0.25) is 0 Å². The van der Waals surface area contributed by atoms with E-state index in [1.165, 1.54) is 12.0 Å². The molecule has 2 rings (SSSR count). The third kappa shape index (κ3) is 5.05. The number of nitrogens with zero attached hydrogens (tertiary/aromatic N) is 1. The maximum Gasteiger partial charge on any atom is 0.124 e. The van der Waals surface area contributed by atoms with Crippen LogP contribution in [0.1, 0.15) is 51.0 Å². The lowest BCUT2D eigenvalue weighted by Gasteiger charge is -2.22. The predicted molar refractivity (Wildman–Crippen MR) is 83.2 cm³/mol. The van der Waals surface area contributed by atoms with Gasteiger partial charge in [-0.1, -0.05) is 30.1 Å². The van der Waals surface area contributed by atoms with Gasteiger partial charge >= 0.3 is 0 Å². The Hall–Kier alpha value is -1.55. The Morgan fingerprint density at radius 2 is 1.90 bits per heavy atom. The molecule has 1 fully saturated rings. The second-order valence-corrected chi connectivity index (χ2v) is 5.84. The Kier molecular flexibility index (Phi) is 6.05. The molecule has 0 radical (unpaired) electrons. The molecule has 116 valence electrons. The minimum atomic E-state index is -0.351. The van der Waals surface area contributed by atoms with Crippen LogP contribution in [0.3, 0.4) is 0 Å². The lowest BCUT2D eigenvalue weighted by molar-refractivity contribution is 0.0320. The Morgan fingerprint density at radius 3 is 2.62 bits per heavy atom. The second-order valence-electron chi connectivity index (χ2n) is 5.84. The summed E-state index contributed by atoms with van der Waals surface area (Å²) in [4.78, 5) is 0. The maximum absolute atomic E-state index is 10.1. The first-order chi connectivity index (χ1) is 10.2. The highest BCUT2D eigenvalue weighted by molar-refractivity contribution is 5.81. The van der Waals surface area contributed by atoms with Gasteiger partial charge in [0.25, 0.3) is 0 Å². The highest BCUT2D eigenvalue weighted by Crippen LogP contribution is 2.23. The summed E-state index contributed by atoms with van der Waals surface area (Å²) in [7, 11) is 0. The van der Waals surface area contributed by atoms with E-state index in [2.05, 4.69) is 5.16 Å². The Balaban J connectivity index is 1.89. The molecule has 0 aliphatic heterocycles. The largest absolute Gasteiger partial charge is 0.488 e. The molecule has 0 spiro atoms. The summed E-state index contributed by atoms with van der Waals surface area (Å²) >= 11 is 0. The SMILES string of the molecule is CC(CCc1ccc(OC2CCCCCC2O)cc1)=NO. The topological polar surface area (TPSA) is 62.0 Å². The van der Waals surface area contributed by atoms with Crippen LogP contribution in [0.2, 0.25) is 0 Å². The molecule has 0 bridgehead atoms. The molecule has 0 aromatic heterocycles. The van der Waals surface area contributed by atoms with Gasteiger partial charge in [0.1, 0.15) is 11.9 Å². The van der Waals surface area contributed by atoms with Crippen LogP contribution < -0.4 is 4.74 Å². The molecule has 1 aliphatic carbocycles. The average Bonchev–Trinajstić information content (AvgIpc) is 2.71. The van der Waals surface area contributed by atoms with Crippen molar-refractivity contribution in [1.29, 1.82) is 0 Å². The first kappa shape index (κ1) is 15.8. The Morgan fingerprint density at radius 1 is 1.19 bits per heavy atom. The van der Waals surface area contributed by atoms with E-state index in [0.29, 0.717) is 0 Å². The van der Waals surface area contributed by atoms with Crippen LogP contribution in [0.15, 0.2) is 29.4 Å². The van der Waals surface area contributed by atoms with Gasteiger partial charge in [0, 0.05) is 0 Å². The molecular weight excluding hydrogens is 266 g/mol. The van der Waals surface area contributed by atoms with E-state index >= 15 is 0 Å². The van der Waals surface area contributed by atoms with E-state index in [1.807, 2.05) is 31.2 Å². The Labute approximate surface area is 126 Å². The van der Waals surface area contributed by atoms with Crippen molar-refractivity contribution in [2.24, 2.45) is 5.16 Å². The minimum Gasteiger partial charge on any atom is -0.488 e. The molecule has 1 aromatic rings. The molecular formula is C17H25NO3. The van der Waals surface area contributed by atoms with Gasteiger partial charge in [0.15, 0.2) is 0 Å². The fourth-order valence-corrected chi connectivity index (χ4v) is 2.68.